The summed E-state index contributed by atoms with van der Waals surface area (Å²) in [6.45, 7) is 1.69. The minimum atomic E-state index is -1.20. The minimum absolute atomic E-state index is 0.0370. The van der Waals surface area contributed by atoms with E-state index >= 15 is 0 Å². The molecule has 0 aliphatic rings. The van der Waals surface area contributed by atoms with Gasteiger partial charge in [0.15, 0.2) is 0 Å². The Morgan fingerprint density at radius 3 is 2.68 bits per heavy atom. The lowest BCUT2D eigenvalue weighted by Gasteiger charge is -2.11. The number of aryl methyl sites for hydroxylation is 1. The van der Waals surface area contributed by atoms with Crippen molar-refractivity contribution in [3.63, 3.8) is 0 Å². The normalized spacial score (nSPS) is 10.3. The summed E-state index contributed by atoms with van der Waals surface area (Å²) in [6, 6.07) is 4.46. The molecule has 11 heteroatoms. The standard InChI is InChI=1S/C14H14N4O7/c1-7-3-2-4-8(11(7)23-9(19)5-6-15)14(21)24-13-10(12(16)20)18(22)25-17-13/h2-4H,5-6,15H2,1H3,(H2,16,20). The Balaban J connectivity index is 2.32. The summed E-state index contributed by atoms with van der Waals surface area (Å²) >= 11 is 0. The van der Waals surface area contributed by atoms with Crippen molar-refractivity contribution in [2.45, 2.75) is 13.3 Å². The zero-order valence-corrected chi connectivity index (χ0v) is 13.1. The van der Waals surface area contributed by atoms with Crippen molar-refractivity contribution >= 4 is 17.8 Å². The van der Waals surface area contributed by atoms with Crippen LogP contribution in [0.5, 0.6) is 11.6 Å². The maximum Gasteiger partial charge on any atom is 0.416 e. The topological polar surface area (TPSA) is 175 Å². The van der Waals surface area contributed by atoms with E-state index in [1.54, 1.807) is 13.0 Å². The third kappa shape index (κ3) is 3.90. The van der Waals surface area contributed by atoms with Crippen molar-refractivity contribution in [2.24, 2.45) is 11.5 Å². The van der Waals surface area contributed by atoms with Crippen LogP contribution in [0, 0.1) is 12.1 Å². The van der Waals surface area contributed by atoms with Crippen LogP contribution in [-0.2, 0) is 4.79 Å². The minimum Gasteiger partial charge on any atom is -0.425 e. The molecule has 0 saturated carbocycles. The Hall–Kier alpha value is -3.47. The van der Waals surface area contributed by atoms with Gasteiger partial charge in [-0.3, -0.25) is 14.2 Å². The summed E-state index contributed by atoms with van der Waals surface area (Å²) in [5.74, 6) is -3.60. The number of para-hydroxylation sites is 1. The number of esters is 2. The number of benzene rings is 1. The van der Waals surface area contributed by atoms with Gasteiger partial charge in [-0.25, -0.2) is 4.79 Å². The first-order valence-corrected chi connectivity index (χ1v) is 6.97. The van der Waals surface area contributed by atoms with E-state index in [0.29, 0.717) is 5.56 Å². The summed E-state index contributed by atoms with van der Waals surface area (Å²) < 4.78 is 14.2. The Bertz CT molecular complexity index is 831. The molecule has 0 aliphatic heterocycles. The number of amides is 1. The zero-order chi connectivity index (χ0) is 18.6. The van der Waals surface area contributed by atoms with Gasteiger partial charge in [-0.2, -0.15) is 0 Å². The monoisotopic (exact) mass is 350 g/mol. The van der Waals surface area contributed by atoms with Crippen molar-refractivity contribution in [2.75, 3.05) is 6.54 Å². The van der Waals surface area contributed by atoms with E-state index in [9.17, 15) is 19.6 Å². The molecule has 0 unspecified atom stereocenters. The van der Waals surface area contributed by atoms with Crippen LogP contribution in [0.15, 0.2) is 22.8 Å². The van der Waals surface area contributed by atoms with Crippen LogP contribution in [0.25, 0.3) is 0 Å². The fourth-order valence-electron chi connectivity index (χ4n) is 1.87. The summed E-state index contributed by atoms with van der Waals surface area (Å²) in [7, 11) is 0. The zero-order valence-electron chi connectivity index (χ0n) is 13.1. The molecule has 0 bridgehead atoms. The summed E-state index contributed by atoms with van der Waals surface area (Å²) in [5, 5.41) is 14.4. The highest BCUT2D eigenvalue weighted by atomic mass is 16.8. The van der Waals surface area contributed by atoms with Gasteiger partial charge in [-0.15, -0.1) is 0 Å². The van der Waals surface area contributed by atoms with Crippen molar-refractivity contribution in [1.29, 1.82) is 0 Å². The molecule has 1 amide bonds. The predicted molar refractivity (Wildman–Crippen MR) is 79.4 cm³/mol. The number of hydrogen-bond acceptors (Lipinski definition) is 9. The third-order valence-electron chi connectivity index (χ3n) is 3.00. The van der Waals surface area contributed by atoms with Crippen LogP contribution in [0.3, 0.4) is 0 Å². The SMILES string of the molecule is Cc1cccc(C(=O)Oc2no[n+]([O-])c2C(N)=O)c1OC(=O)CCN. The largest absolute Gasteiger partial charge is 0.425 e. The predicted octanol–water partition coefficient (Wildman–Crippen LogP) is -0.811. The van der Waals surface area contributed by atoms with E-state index in [1.807, 2.05) is 0 Å². The maximum absolute atomic E-state index is 12.3. The van der Waals surface area contributed by atoms with Crippen molar-refractivity contribution < 1.29 is 33.4 Å². The molecule has 2 rings (SSSR count). The molecule has 0 spiro atoms. The summed E-state index contributed by atoms with van der Waals surface area (Å²) in [5.41, 5.74) is 9.86. The molecule has 0 aliphatic carbocycles. The Kier molecular flexibility index (Phi) is 5.29. The Morgan fingerprint density at radius 1 is 1.32 bits per heavy atom. The fourth-order valence-corrected chi connectivity index (χ4v) is 1.87. The average molecular weight is 350 g/mol. The Labute approximate surface area is 140 Å². The number of aromatic nitrogens is 2. The number of rotatable bonds is 6. The van der Waals surface area contributed by atoms with Crippen molar-refractivity contribution in [3.05, 3.63) is 40.2 Å². The molecule has 1 aromatic heterocycles. The number of nitrogens with two attached hydrogens (primary N) is 2. The van der Waals surface area contributed by atoms with Gasteiger partial charge >= 0.3 is 29.4 Å². The first-order chi connectivity index (χ1) is 11.8. The first-order valence-electron chi connectivity index (χ1n) is 6.97. The number of primary amides is 1. The molecule has 25 heavy (non-hydrogen) atoms. The number of ether oxygens (including phenoxy) is 2. The molecule has 0 radical (unpaired) electrons. The molecule has 0 fully saturated rings. The van der Waals surface area contributed by atoms with Gasteiger partial charge in [-0.05, 0) is 23.5 Å². The van der Waals surface area contributed by atoms with E-state index < -0.39 is 29.4 Å². The van der Waals surface area contributed by atoms with Crippen LogP contribution in [0.4, 0.5) is 0 Å². The molecule has 132 valence electrons. The van der Waals surface area contributed by atoms with Crippen LogP contribution in [0.2, 0.25) is 0 Å². The van der Waals surface area contributed by atoms with Gasteiger partial charge in [-0.1, -0.05) is 12.1 Å². The smallest absolute Gasteiger partial charge is 0.416 e. The van der Waals surface area contributed by atoms with E-state index in [-0.39, 0.29) is 29.2 Å². The Morgan fingerprint density at radius 2 is 2.04 bits per heavy atom. The number of carbonyl (C=O) groups is 3. The van der Waals surface area contributed by atoms with Gasteiger partial charge < -0.3 is 26.1 Å². The molecule has 11 nitrogen and oxygen atoms in total. The molecular weight excluding hydrogens is 336 g/mol. The van der Waals surface area contributed by atoms with Gasteiger partial charge in [0.1, 0.15) is 11.3 Å². The third-order valence-corrected chi connectivity index (χ3v) is 3.00. The first kappa shape index (κ1) is 17.9. The lowest BCUT2D eigenvalue weighted by atomic mass is 10.1. The molecule has 1 heterocycles. The van der Waals surface area contributed by atoms with Crippen LogP contribution in [0.1, 0.15) is 32.8 Å². The van der Waals surface area contributed by atoms with Gasteiger partial charge in [0.05, 0.1) is 11.6 Å². The van der Waals surface area contributed by atoms with E-state index in [1.165, 1.54) is 12.1 Å². The molecule has 1 aromatic carbocycles. The summed E-state index contributed by atoms with van der Waals surface area (Å²) in [6.07, 6.45) is -0.0475. The molecule has 2 aromatic rings. The van der Waals surface area contributed by atoms with Crippen LogP contribution in [-0.4, -0.2) is 29.5 Å². The number of hydrogen-bond donors (Lipinski definition) is 2. The van der Waals surface area contributed by atoms with Crippen molar-refractivity contribution in [3.8, 4) is 11.6 Å². The number of nitrogens with zero attached hydrogens (tertiary/aromatic N) is 2. The van der Waals surface area contributed by atoms with Gasteiger partial charge in [0.25, 0.3) is 0 Å². The van der Waals surface area contributed by atoms with E-state index in [0.717, 1.165) is 0 Å². The second-order valence-electron chi connectivity index (χ2n) is 4.80. The highest BCUT2D eigenvalue weighted by Gasteiger charge is 2.30. The van der Waals surface area contributed by atoms with Gasteiger partial charge in [0.2, 0.25) is 0 Å². The highest BCUT2D eigenvalue weighted by molar-refractivity contribution is 5.97. The second kappa shape index (κ2) is 7.40. The quantitative estimate of drug-likeness (QED) is 0.383. The molecule has 4 N–H and O–H groups in total. The van der Waals surface area contributed by atoms with E-state index in [4.69, 9.17) is 20.9 Å². The molecule has 0 saturated heterocycles. The lowest BCUT2D eigenvalue weighted by Crippen LogP contribution is -2.34. The van der Waals surface area contributed by atoms with Crippen LogP contribution >= 0.6 is 0 Å². The van der Waals surface area contributed by atoms with E-state index in [2.05, 4.69) is 9.79 Å². The maximum atomic E-state index is 12.3. The second-order valence-corrected chi connectivity index (χ2v) is 4.80. The van der Waals surface area contributed by atoms with Gasteiger partial charge in [0, 0.05) is 6.54 Å². The fraction of sp³-hybridized carbons (Fsp3) is 0.214. The molecular formula is C14H14N4O7. The molecule has 0 atom stereocenters. The summed E-state index contributed by atoms with van der Waals surface area (Å²) in [4.78, 5) is 34.9. The highest BCUT2D eigenvalue weighted by Crippen LogP contribution is 2.25. The van der Waals surface area contributed by atoms with Crippen molar-refractivity contribution in [1.82, 2.24) is 5.16 Å². The number of carbonyl (C=O) groups excluding carboxylic acids is 3. The lowest BCUT2D eigenvalue weighted by molar-refractivity contribution is -0.803. The average Bonchev–Trinajstić information content (AvgIpc) is 2.90. The van der Waals surface area contributed by atoms with Crippen LogP contribution < -0.4 is 25.8 Å².